The SMILES string of the molecule is NC(=O)[C@@H](CCCNC(N)=N[N+](=O)[O-])N(Cc1cccc(Cn2c(=O)n(-c3ccccc3)n(-c3ccccc3)c2=O)c1)C(=O)C(c1ccccc1)c1ccccc1. The maximum Gasteiger partial charge on any atom is 0.352 e. The van der Waals surface area contributed by atoms with Gasteiger partial charge in [-0.1, -0.05) is 121 Å². The number of hydrogen-bond donors (Lipinski definition) is 3. The van der Waals surface area contributed by atoms with Crippen molar-refractivity contribution >= 4 is 17.8 Å². The summed E-state index contributed by atoms with van der Waals surface area (Å²) in [6, 6.07) is 42.2. The number of nitrogens with two attached hydrogens (primary N) is 2. The number of nitro groups is 1. The molecular formula is C42H41N9O6. The Labute approximate surface area is 327 Å². The van der Waals surface area contributed by atoms with Crippen molar-refractivity contribution in [1.29, 1.82) is 0 Å². The van der Waals surface area contributed by atoms with Crippen molar-refractivity contribution in [1.82, 2.24) is 24.1 Å². The largest absolute Gasteiger partial charge is 0.368 e. The monoisotopic (exact) mass is 767 g/mol. The highest BCUT2D eigenvalue weighted by molar-refractivity contribution is 5.92. The van der Waals surface area contributed by atoms with Gasteiger partial charge in [-0.3, -0.25) is 9.59 Å². The molecule has 290 valence electrons. The van der Waals surface area contributed by atoms with Gasteiger partial charge in [0.25, 0.3) is 5.96 Å². The molecule has 6 aromatic rings. The smallest absolute Gasteiger partial charge is 0.352 e. The van der Waals surface area contributed by atoms with Gasteiger partial charge in [0.05, 0.1) is 23.8 Å². The minimum atomic E-state index is -1.10. The first-order valence-electron chi connectivity index (χ1n) is 18.2. The highest BCUT2D eigenvalue weighted by atomic mass is 16.7. The second kappa shape index (κ2) is 18.2. The quantitative estimate of drug-likeness (QED) is 0.0434. The summed E-state index contributed by atoms with van der Waals surface area (Å²) in [6.45, 7) is -0.0209. The van der Waals surface area contributed by atoms with Crippen molar-refractivity contribution in [2.75, 3.05) is 6.54 Å². The predicted molar refractivity (Wildman–Crippen MR) is 215 cm³/mol. The van der Waals surface area contributed by atoms with Crippen LogP contribution in [0.25, 0.3) is 11.4 Å². The molecule has 0 saturated heterocycles. The van der Waals surface area contributed by atoms with Crippen LogP contribution in [0.3, 0.4) is 0 Å². The number of nitrogens with zero attached hydrogens (tertiary/aromatic N) is 6. The number of amides is 2. The molecule has 0 spiro atoms. The fourth-order valence-corrected chi connectivity index (χ4v) is 6.78. The Bertz CT molecular complexity index is 2360. The lowest BCUT2D eigenvalue weighted by atomic mass is 9.89. The van der Waals surface area contributed by atoms with Crippen LogP contribution in [0.2, 0.25) is 0 Å². The van der Waals surface area contributed by atoms with Crippen molar-refractivity contribution in [3.63, 3.8) is 0 Å². The third-order valence-electron chi connectivity index (χ3n) is 9.36. The van der Waals surface area contributed by atoms with Crippen LogP contribution >= 0.6 is 0 Å². The second-order valence-corrected chi connectivity index (χ2v) is 13.2. The summed E-state index contributed by atoms with van der Waals surface area (Å²) in [5.41, 5.74) is 14.2. The van der Waals surface area contributed by atoms with E-state index in [0.29, 0.717) is 33.6 Å². The first kappa shape index (κ1) is 39.2. The van der Waals surface area contributed by atoms with E-state index in [0.717, 1.165) is 4.57 Å². The molecule has 0 aliphatic carbocycles. The topological polar surface area (TPSA) is 206 Å². The minimum Gasteiger partial charge on any atom is -0.368 e. The Morgan fingerprint density at radius 3 is 1.70 bits per heavy atom. The van der Waals surface area contributed by atoms with Crippen LogP contribution in [0.4, 0.5) is 0 Å². The van der Waals surface area contributed by atoms with Gasteiger partial charge in [-0.05, 0) is 59.4 Å². The molecule has 0 saturated carbocycles. The molecule has 0 bridgehead atoms. The van der Waals surface area contributed by atoms with Crippen molar-refractivity contribution in [3.05, 3.63) is 199 Å². The Morgan fingerprint density at radius 2 is 1.21 bits per heavy atom. The van der Waals surface area contributed by atoms with Crippen LogP contribution < -0.4 is 28.2 Å². The molecule has 1 heterocycles. The fourth-order valence-electron chi connectivity index (χ4n) is 6.78. The molecule has 6 rings (SSSR count). The number of para-hydroxylation sites is 2. The number of benzene rings is 5. The molecule has 0 unspecified atom stereocenters. The van der Waals surface area contributed by atoms with Crippen LogP contribution in [0.1, 0.15) is 41.0 Å². The highest BCUT2D eigenvalue weighted by Gasteiger charge is 2.34. The van der Waals surface area contributed by atoms with E-state index in [-0.39, 0.29) is 38.4 Å². The van der Waals surface area contributed by atoms with E-state index in [4.69, 9.17) is 11.5 Å². The Morgan fingerprint density at radius 1 is 0.719 bits per heavy atom. The molecule has 15 nitrogen and oxygen atoms in total. The lowest BCUT2D eigenvalue weighted by Gasteiger charge is -2.33. The number of hydrogen-bond acceptors (Lipinski definition) is 6. The molecule has 0 aliphatic heterocycles. The van der Waals surface area contributed by atoms with Crippen molar-refractivity contribution in [3.8, 4) is 11.4 Å². The average molecular weight is 768 g/mol. The van der Waals surface area contributed by atoms with Gasteiger partial charge in [0, 0.05) is 13.1 Å². The zero-order chi connectivity index (χ0) is 40.3. The molecule has 0 radical (unpaired) electrons. The van der Waals surface area contributed by atoms with Gasteiger partial charge < -0.3 is 21.7 Å². The second-order valence-electron chi connectivity index (χ2n) is 13.2. The number of hydrazone groups is 1. The molecule has 1 aromatic heterocycles. The molecule has 2 amide bonds. The van der Waals surface area contributed by atoms with Crippen LogP contribution in [0.5, 0.6) is 0 Å². The van der Waals surface area contributed by atoms with Crippen molar-refractivity contribution < 1.29 is 14.6 Å². The minimum absolute atomic E-state index is 0.0526. The van der Waals surface area contributed by atoms with Gasteiger partial charge in [0.15, 0.2) is 5.03 Å². The molecule has 57 heavy (non-hydrogen) atoms. The summed E-state index contributed by atoms with van der Waals surface area (Å²) >= 11 is 0. The summed E-state index contributed by atoms with van der Waals surface area (Å²) in [4.78, 5) is 68.4. The summed E-state index contributed by atoms with van der Waals surface area (Å²) in [6.07, 6.45) is 0.346. The number of nitrogens with one attached hydrogen (secondary N) is 1. The van der Waals surface area contributed by atoms with Crippen LogP contribution in [-0.2, 0) is 22.7 Å². The lowest BCUT2D eigenvalue weighted by Crippen LogP contribution is -2.49. The van der Waals surface area contributed by atoms with Gasteiger partial charge in [-0.25, -0.2) is 24.3 Å². The highest BCUT2D eigenvalue weighted by Crippen LogP contribution is 2.29. The average Bonchev–Trinajstić information content (AvgIpc) is 3.46. The normalized spacial score (nSPS) is 11.9. The standard InChI is InChI=1S/C42H41N9O6/c43-38(52)36(25-14-26-45-40(44)46-51(56)57)47(39(53)37(32-17-5-1-6-18-32)33-19-7-2-8-20-33)28-30-15-13-16-31(27-30)29-48-41(54)49(34-21-9-3-10-22-34)50(42(48)55)35-23-11-4-12-24-35/h1-13,15-24,27,36-37H,14,25-26,28-29H2,(H2,43,52)(H3,44,45,46)/t36-/m1/s1. The maximum atomic E-state index is 14.9. The lowest BCUT2D eigenvalue weighted by molar-refractivity contribution is -0.485. The molecular weight excluding hydrogens is 727 g/mol. The van der Waals surface area contributed by atoms with Crippen molar-refractivity contribution in [2.24, 2.45) is 16.6 Å². The molecule has 0 aliphatic rings. The Balaban J connectivity index is 1.37. The number of carbonyl (C=O) groups is 2. The summed E-state index contributed by atoms with van der Waals surface area (Å²) in [5.74, 6) is -2.33. The van der Waals surface area contributed by atoms with E-state index >= 15 is 0 Å². The van der Waals surface area contributed by atoms with Gasteiger partial charge >= 0.3 is 11.4 Å². The van der Waals surface area contributed by atoms with E-state index in [1.165, 1.54) is 14.3 Å². The maximum absolute atomic E-state index is 14.9. The zero-order valence-corrected chi connectivity index (χ0v) is 30.8. The third-order valence-corrected chi connectivity index (χ3v) is 9.36. The molecule has 15 heteroatoms. The van der Waals surface area contributed by atoms with Gasteiger partial charge in [-0.2, -0.15) is 9.36 Å². The zero-order valence-electron chi connectivity index (χ0n) is 30.8. The Kier molecular flexibility index (Phi) is 12.5. The van der Waals surface area contributed by atoms with E-state index in [1.807, 2.05) is 72.8 Å². The Hall–Kier alpha value is -7.55. The number of aromatic nitrogens is 3. The number of primary amides is 1. The van der Waals surface area contributed by atoms with E-state index < -0.39 is 40.2 Å². The summed E-state index contributed by atoms with van der Waals surface area (Å²) < 4.78 is 3.81. The molecule has 5 N–H and O–H groups in total. The fraction of sp³-hybridized carbons (Fsp3) is 0.167. The van der Waals surface area contributed by atoms with Crippen LogP contribution in [-0.4, -0.2) is 54.2 Å². The van der Waals surface area contributed by atoms with Gasteiger partial charge in [-0.15, -0.1) is 0 Å². The number of guanidine groups is 1. The van der Waals surface area contributed by atoms with E-state index in [9.17, 15) is 29.3 Å². The van der Waals surface area contributed by atoms with Crippen LogP contribution in [0.15, 0.2) is 160 Å². The van der Waals surface area contributed by atoms with Crippen molar-refractivity contribution in [2.45, 2.75) is 37.9 Å². The molecule has 5 aromatic carbocycles. The van der Waals surface area contributed by atoms with E-state index in [1.54, 1.807) is 72.8 Å². The molecule has 1 atom stereocenters. The summed E-state index contributed by atoms with van der Waals surface area (Å²) in [7, 11) is 0. The first-order valence-corrected chi connectivity index (χ1v) is 18.2. The number of rotatable bonds is 16. The predicted octanol–water partition coefficient (Wildman–Crippen LogP) is 3.73. The summed E-state index contributed by atoms with van der Waals surface area (Å²) in [5, 5.41) is 15.5. The van der Waals surface area contributed by atoms with E-state index in [2.05, 4.69) is 10.4 Å². The van der Waals surface area contributed by atoms with Gasteiger partial charge in [0.2, 0.25) is 11.8 Å². The van der Waals surface area contributed by atoms with Crippen LogP contribution in [0, 0.1) is 10.1 Å². The van der Waals surface area contributed by atoms with Gasteiger partial charge in [0.1, 0.15) is 11.1 Å². The number of carbonyl (C=O) groups excluding carboxylic acids is 2. The molecule has 0 fully saturated rings. The first-order chi connectivity index (χ1) is 27.6. The third kappa shape index (κ3) is 9.40.